The molecular weight excluding hydrogens is 331 g/mol. The molecule has 2 aromatic carbocycles. The summed E-state index contributed by atoms with van der Waals surface area (Å²) in [6.45, 7) is 0. The first-order valence-electron chi connectivity index (χ1n) is 7.04. The molecule has 0 aliphatic heterocycles. The molecule has 0 radical (unpaired) electrons. The van der Waals surface area contributed by atoms with Crippen molar-refractivity contribution in [1.82, 2.24) is 0 Å². The van der Waals surface area contributed by atoms with Gasteiger partial charge in [-0.25, -0.2) is 4.39 Å². The fourth-order valence-electron chi connectivity index (χ4n) is 2.20. The highest BCUT2D eigenvalue weighted by Gasteiger charge is 2.20. The van der Waals surface area contributed by atoms with Crippen LogP contribution < -0.4 is 11.1 Å². The Balaban J connectivity index is 1.76. The zero-order valence-electron chi connectivity index (χ0n) is 12.4. The van der Waals surface area contributed by atoms with E-state index in [0.29, 0.717) is 11.0 Å². The maximum atomic E-state index is 12.9. The van der Waals surface area contributed by atoms with Crippen molar-refractivity contribution in [3.05, 3.63) is 60.1 Å². The number of carbonyl (C=O) groups is 2. The number of rotatable bonds is 5. The lowest BCUT2D eigenvalue weighted by Crippen LogP contribution is -2.18. The van der Waals surface area contributed by atoms with Gasteiger partial charge in [-0.3, -0.25) is 9.59 Å². The number of thioether (sulfide) groups is 1. The van der Waals surface area contributed by atoms with Gasteiger partial charge in [-0.1, -0.05) is 12.1 Å². The highest BCUT2D eigenvalue weighted by Crippen LogP contribution is 2.30. The van der Waals surface area contributed by atoms with Crippen molar-refractivity contribution in [2.75, 3.05) is 11.1 Å². The van der Waals surface area contributed by atoms with Crippen LogP contribution in [0.15, 0.2) is 57.8 Å². The Kier molecular flexibility index (Phi) is 4.52. The lowest BCUT2D eigenvalue weighted by atomic mass is 10.2. The maximum absolute atomic E-state index is 12.9. The lowest BCUT2D eigenvalue weighted by molar-refractivity contribution is -0.113. The zero-order chi connectivity index (χ0) is 17.1. The SMILES string of the molecule is NC(=O)c1oc2ccccc2c1NC(=O)CSc1ccc(F)cc1. The van der Waals surface area contributed by atoms with E-state index in [0.717, 1.165) is 4.90 Å². The molecule has 1 aromatic heterocycles. The molecule has 5 nitrogen and oxygen atoms in total. The van der Waals surface area contributed by atoms with Gasteiger partial charge in [-0.2, -0.15) is 0 Å². The summed E-state index contributed by atoms with van der Waals surface area (Å²) in [5.41, 5.74) is 6.04. The first-order chi connectivity index (χ1) is 11.5. The summed E-state index contributed by atoms with van der Waals surface area (Å²) in [5, 5.41) is 3.27. The molecule has 2 amide bonds. The molecule has 3 N–H and O–H groups in total. The molecule has 0 bridgehead atoms. The average Bonchev–Trinajstić information content (AvgIpc) is 2.93. The maximum Gasteiger partial charge on any atom is 0.286 e. The second-order valence-electron chi connectivity index (χ2n) is 4.96. The second-order valence-corrected chi connectivity index (χ2v) is 6.01. The molecule has 122 valence electrons. The molecule has 1 heterocycles. The number of hydrogen-bond donors (Lipinski definition) is 2. The number of carbonyl (C=O) groups excluding carboxylic acids is 2. The lowest BCUT2D eigenvalue weighted by Gasteiger charge is -2.05. The first-order valence-corrected chi connectivity index (χ1v) is 8.02. The van der Waals surface area contributed by atoms with Crippen molar-refractivity contribution in [3.8, 4) is 0 Å². The number of anilines is 1. The van der Waals surface area contributed by atoms with Crippen LogP contribution in [0.1, 0.15) is 10.6 Å². The van der Waals surface area contributed by atoms with Crippen molar-refractivity contribution in [2.24, 2.45) is 5.73 Å². The minimum Gasteiger partial charge on any atom is -0.449 e. The van der Waals surface area contributed by atoms with Crippen LogP contribution >= 0.6 is 11.8 Å². The third kappa shape index (κ3) is 3.41. The van der Waals surface area contributed by atoms with E-state index in [9.17, 15) is 14.0 Å². The molecule has 0 aliphatic rings. The van der Waals surface area contributed by atoms with Crippen LogP contribution in [0.4, 0.5) is 10.1 Å². The van der Waals surface area contributed by atoms with Gasteiger partial charge < -0.3 is 15.5 Å². The van der Waals surface area contributed by atoms with Gasteiger partial charge in [-0.15, -0.1) is 11.8 Å². The van der Waals surface area contributed by atoms with E-state index in [-0.39, 0.29) is 28.9 Å². The molecule has 0 saturated carbocycles. The van der Waals surface area contributed by atoms with Gasteiger partial charge in [0.1, 0.15) is 17.1 Å². The van der Waals surface area contributed by atoms with E-state index in [1.54, 1.807) is 36.4 Å². The quantitative estimate of drug-likeness (QED) is 0.695. The Morgan fingerprint density at radius 1 is 1.12 bits per heavy atom. The van der Waals surface area contributed by atoms with E-state index in [1.165, 1.54) is 23.9 Å². The number of fused-ring (bicyclic) bond motifs is 1. The number of nitrogens with one attached hydrogen (secondary N) is 1. The summed E-state index contributed by atoms with van der Waals surface area (Å²) in [4.78, 5) is 24.5. The third-order valence-corrected chi connectivity index (χ3v) is 4.28. The molecule has 3 aromatic rings. The van der Waals surface area contributed by atoms with E-state index < -0.39 is 5.91 Å². The number of hydrogen-bond acceptors (Lipinski definition) is 4. The Hall–Kier alpha value is -2.80. The molecular formula is C17H13FN2O3S. The predicted molar refractivity (Wildman–Crippen MR) is 90.5 cm³/mol. The predicted octanol–water partition coefficient (Wildman–Crippen LogP) is 3.40. The first kappa shape index (κ1) is 16.1. The summed E-state index contributed by atoms with van der Waals surface area (Å²) >= 11 is 1.25. The van der Waals surface area contributed by atoms with Crippen molar-refractivity contribution >= 4 is 40.2 Å². The summed E-state index contributed by atoms with van der Waals surface area (Å²) in [7, 11) is 0. The van der Waals surface area contributed by atoms with Crippen molar-refractivity contribution < 1.29 is 18.4 Å². The standard InChI is InChI=1S/C17H13FN2O3S/c18-10-5-7-11(8-6-10)24-9-14(21)20-15-12-3-1-2-4-13(12)23-16(15)17(19)22/h1-8H,9H2,(H2,19,22)(H,20,21). The van der Waals surface area contributed by atoms with Crippen LogP contribution in [-0.2, 0) is 4.79 Å². The van der Waals surface area contributed by atoms with Crippen LogP contribution in [0.3, 0.4) is 0 Å². The monoisotopic (exact) mass is 344 g/mol. The Morgan fingerprint density at radius 3 is 2.54 bits per heavy atom. The van der Waals surface area contributed by atoms with E-state index >= 15 is 0 Å². The molecule has 7 heteroatoms. The number of halogens is 1. The summed E-state index contributed by atoms with van der Waals surface area (Å²) in [6.07, 6.45) is 0. The van der Waals surface area contributed by atoms with E-state index in [1.807, 2.05) is 0 Å². The summed E-state index contributed by atoms with van der Waals surface area (Å²) in [6, 6.07) is 12.8. The molecule has 24 heavy (non-hydrogen) atoms. The molecule has 0 spiro atoms. The molecule has 3 rings (SSSR count). The topological polar surface area (TPSA) is 85.3 Å². The van der Waals surface area contributed by atoms with Crippen LogP contribution in [0, 0.1) is 5.82 Å². The van der Waals surface area contributed by atoms with E-state index in [4.69, 9.17) is 10.2 Å². The number of amides is 2. The van der Waals surface area contributed by atoms with Crippen LogP contribution in [-0.4, -0.2) is 17.6 Å². The minimum absolute atomic E-state index is 0.0867. The van der Waals surface area contributed by atoms with Crippen molar-refractivity contribution in [1.29, 1.82) is 0 Å². The smallest absolute Gasteiger partial charge is 0.286 e. The van der Waals surface area contributed by atoms with Crippen LogP contribution in [0.5, 0.6) is 0 Å². The second kappa shape index (κ2) is 6.76. The van der Waals surface area contributed by atoms with Gasteiger partial charge in [0, 0.05) is 10.3 Å². The van der Waals surface area contributed by atoms with Crippen molar-refractivity contribution in [2.45, 2.75) is 4.90 Å². The third-order valence-electron chi connectivity index (χ3n) is 3.27. The summed E-state index contributed by atoms with van der Waals surface area (Å²) in [5.74, 6) is -1.40. The van der Waals surface area contributed by atoms with Crippen LogP contribution in [0.25, 0.3) is 11.0 Å². The van der Waals surface area contributed by atoms with Gasteiger partial charge in [0.05, 0.1) is 5.75 Å². The molecule has 0 fully saturated rings. The Labute approximate surface area is 141 Å². The number of benzene rings is 2. The number of furan rings is 1. The minimum atomic E-state index is -0.757. The van der Waals surface area contributed by atoms with Gasteiger partial charge in [0.2, 0.25) is 11.7 Å². The summed E-state index contributed by atoms with van der Waals surface area (Å²) < 4.78 is 18.3. The Morgan fingerprint density at radius 2 is 1.83 bits per heavy atom. The van der Waals surface area contributed by atoms with Gasteiger partial charge in [-0.05, 0) is 36.4 Å². The largest absolute Gasteiger partial charge is 0.449 e. The molecule has 0 saturated heterocycles. The van der Waals surface area contributed by atoms with Crippen molar-refractivity contribution in [3.63, 3.8) is 0 Å². The van der Waals surface area contributed by atoms with Gasteiger partial charge in [0.15, 0.2) is 0 Å². The molecule has 0 atom stereocenters. The zero-order valence-corrected chi connectivity index (χ0v) is 13.2. The number of para-hydroxylation sites is 1. The number of nitrogens with two attached hydrogens (primary N) is 1. The molecule has 0 aliphatic carbocycles. The fourth-order valence-corrected chi connectivity index (χ4v) is 2.90. The highest BCUT2D eigenvalue weighted by atomic mass is 32.2. The number of primary amides is 1. The van der Waals surface area contributed by atoms with Crippen LogP contribution in [0.2, 0.25) is 0 Å². The fraction of sp³-hybridized carbons (Fsp3) is 0.0588. The van der Waals surface area contributed by atoms with Gasteiger partial charge in [0.25, 0.3) is 5.91 Å². The Bertz CT molecular complexity index is 906. The molecule has 0 unspecified atom stereocenters. The highest BCUT2D eigenvalue weighted by molar-refractivity contribution is 8.00. The normalized spacial score (nSPS) is 10.7. The van der Waals surface area contributed by atoms with E-state index in [2.05, 4.69) is 5.32 Å². The average molecular weight is 344 g/mol. The van der Waals surface area contributed by atoms with Gasteiger partial charge >= 0.3 is 0 Å².